The van der Waals surface area contributed by atoms with Gasteiger partial charge < -0.3 is 15.1 Å². The van der Waals surface area contributed by atoms with Crippen LogP contribution in [-0.2, 0) is 0 Å². The van der Waals surface area contributed by atoms with Gasteiger partial charge in [0.15, 0.2) is 0 Å². The summed E-state index contributed by atoms with van der Waals surface area (Å²) in [4.78, 5) is 17.8. The Labute approximate surface area is 152 Å². The first-order valence-electron chi connectivity index (χ1n) is 8.28. The van der Waals surface area contributed by atoms with Gasteiger partial charge in [-0.2, -0.15) is 0 Å². The van der Waals surface area contributed by atoms with Crippen molar-refractivity contribution >= 4 is 29.2 Å². The highest BCUT2D eigenvalue weighted by Crippen LogP contribution is 2.29. The van der Waals surface area contributed by atoms with E-state index < -0.39 is 0 Å². The van der Waals surface area contributed by atoms with Gasteiger partial charge >= 0.3 is 6.03 Å². The second-order valence-corrected chi connectivity index (χ2v) is 6.88. The smallest absolute Gasteiger partial charge is 0.321 e. The summed E-state index contributed by atoms with van der Waals surface area (Å²) in [6, 6.07) is 12.6. The molecule has 0 aromatic heterocycles. The number of carbonyl (C=O) groups excluding carboxylic acids is 1. The second-order valence-electron chi connectivity index (χ2n) is 6.04. The lowest BCUT2D eigenvalue weighted by atomic mass is 10.2. The summed E-state index contributed by atoms with van der Waals surface area (Å²) in [7, 11) is 0. The Hall–Kier alpha value is -2.21. The monoisotopic (exact) mass is 359 g/mol. The van der Waals surface area contributed by atoms with Crippen LogP contribution >= 0.6 is 11.8 Å². The number of nitrogens with zero attached hydrogens (tertiary/aromatic N) is 2. The Morgan fingerprint density at radius 1 is 1.12 bits per heavy atom. The Morgan fingerprint density at radius 2 is 1.84 bits per heavy atom. The number of thioether (sulfide) groups is 1. The number of nitrogens with one attached hydrogen (secondary N) is 1. The zero-order chi connectivity index (χ0) is 17.8. The molecule has 2 aromatic rings. The van der Waals surface area contributed by atoms with E-state index in [4.69, 9.17) is 0 Å². The van der Waals surface area contributed by atoms with Crippen LogP contribution < -0.4 is 10.2 Å². The van der Waals surface area contributed by atoms with Gasteiger partial charge in [0.05, 0.1) is 5.69 Å². The van der Waals surface area contributed by atoms with E-state index in [2.05, 4.69) is 28.6 Å². The Bertz CT molecular complexity index is 760. The molecule has 132 valence electrons. The predicted octanol–water partition coefficient (Wildman–Crippen LogP) is 4.21. The van der Waals surface area contributed by atoms with Gasteiger partial charge in [0.1, 0.15) is 5.82 Å². The largest absolute Gasteiger partial charge is 0.367 e. The average Bonchev–Trinajstić information content (AvgIpc) is 2.64. The number of amides is 2. The number of benzene rings is 2. The van der Waals surface area contributed by atoms with Crippen molar-refractivity contribution in [2.45, 2.75) is 11.8 Å². The van der Waals surface area contributed by atoms with E-state index in [9.17, 15) is 9.18 Å². The molecule has 0 radical (unpaired) electrons. The fourth-order valence-corrected chi connectivity index (χ4v) is 3.59. The molecule has 4 nitrogen and oxygen atoms in total. The molecule has 0 atom stereocenters. The van der Waals surface area contributed by atoms with Gasteiger partial charge in [0.2, 0.25) is 0 Å². The molecule has 0 bridgehead atoms. The number of piperazine rings is 1. The molecule has 1 saturated heterocycles. The first-order valence-corrected chi connectivity index (χ1v) is 9.51. The molecule has 1 aliphatic rings. The van der Waals surface area contributed by atoms with Crippen LogP contribution in [0.1, 0.15) is 5.56 Å². The lowest BCUT2D eigenvalue weighted by Gasteiger charge is -2.36. The fourth-order valence-electron chi connectivity index (χ4n) is 2.96. The second kappa shape index (κ2) is 7.78. The van der Waals surface area contributed by atoms with Crippen LogP contribution in [0.5, 0.6) is 0 Å². The standard InChI is InChI=1S/C19H22FN3OS/c1-14-7-8-15(20)13-16(14)21-19(24)23-11-9-22(10-12-23)17-5-3-4-6-18(17)25-2/h3-8,13H,9-12H2,1-2H3,(H,21,24). The summed E-state index contributed by atoms with van der Waals surface area (Å²) in [6.07, 6.45) is 2.07. The van der Waals surface area contributed by atoms with Crippen molar-refractivity contribution in [2.24, 2.45) is 0 Å². The van der Waals surface area contributed by atoms with Crippen molar-refractivity contribution in [1.29, 1.82) is 0 Å². The molecular formula is C19H22FN3OS. The molecule has 0 spiro atoms. The van der Waals surface area contributed by atoms with E-state index in [0.717, 1.165) is 18.7 Å². The predicted molar refractivity (Wildman–Crippen MR) is 102 cm³/mol. The van der Waals surface area contributed by atoms with Crippen LogP contribution in [0.4, 0.5) is 20.6 Å². The van der Waals surface area contributed by atoms with Gasteiger partial charge in [-0.1, -0.05) is 18.2 Å². The summed E-state index contributed by atoms with van der Waals surface area (Å²) in [5.74, 6) is -0.348. The SMILES string of the molecule is CSc1ccccc1N1CCN(C(=O)Nc2cc(F)ccc2C)CC1. The molecule has 0 saturated carbocycles. The minimum atomic E-state index is -0.348. The van der Waals surface area contributed by atoms with Crippen LogP contribution in [0.3, 0.4) is 0 Å². The number of hydrogen-bond donors (Lipinski definition) is 1. The lowest BCUT2D eigenvalue weighted by molar-refractivity contribution is 0.208. The molecule has 2 aromatic carbocycles. The number of aryl methyl sites for hydroxylation is 1. The molecule has 1 fully saturated rings. The van der Waals surface area contributed by atoms with Crippen molar-refractivity contribution in [2.75, 3.05) is 42.7 Å². The van der Waals surface area contributed by atoms with Crippen molar-refractivity contribution in [3.05, 3.63) is 53.8 Å². The molecule has 1 N–H and O–H groups in total. The van der Waals surface area contributed by atoms with Gasteiger partial charge in [-0.3, -0.25) is 0 Å². The number of urea groups is 1. The van der Waals surface area contributed by atoms with Crippen molar-refractivity contribution in [3.8, 4) is 0 Å². The maximum Gasteiger partial charge on any atom is 0.321 e. The van der Waals surface area contributed by atoms with Gasteiger partial charge in [-0.15, -0.1) is 11.8 Å². The topological polar surface area (TPSA) is 35.6 Å². The summed E-state index contributed by atoms with van der Waals surface area (Å²) in [5.41, 5.74) is 2.60. The first kappa shape index (κ1) is 17.6. The third-order valence-electron chi connectivity index (χ3n) is 4.43. The molecule has 6 heteroatoms. The zero-order valence-electron chi connectivity index (χ0n) is 14.5. The zero-order valence-corrected chi connectivity index (χ0v) is 15.3. The lowest BCUT2D eigenvalue weighted by Crippen LogP contribution is -2.50. The van der Waals surface area contributed by atoms with Gasteiger partial charge in [0, 0.05) is 36.8 Å². The Kier molecular flexibility index (Phi) is 5.48. The molecular weight excluding hydrogens is 337 g/mol. The number of anilines is 2. The summed E-state index contributed by atoms with van der Waals surface area (Å²) >= 11 is 1.73. The molecule has 3 rings (SSSR count). The van der Waals surface area contributed by atoms with E-state index in [1.165, 1.54) is 22.7 Å². The summed E-state index contributed by atoms with van der Waals surface area (Å²) in [5, 5.41) is 2.82. The molecule has 25 heavy (non-hydrogen) atoms. The third-order valence-corrected chi connectivity index (χ3v) is 5.22. The molecule has 1 heterocycles. The normalized spacial score (nSPS) is 14.5. The number of carbonyl (C=O) groups is 1. The highest BCUT2D eigenvalue weighted by Gasteiger charge is 2.22. The van der Waals surface area contributed by atoms with Gasteiger partial charge in [0.25, 0.3) is 0 Å². The minimum Gasteiger partial charge on any atom is -0.367 e. The van der Waals surface area contributed by atoms with Crippen LogP contribution in [0, 0.1) is 12.7 Å². The third kappa shape index (κ3) is 4.07. The number of rotatable bonds is 3. The maximum atomic E-state index is 13.4. The molecule has 1 aliphatic heterocycles. The van der Waals surface area contributed by atoms with Crippen LogP contribution in [0.25, 0.3) is 0 Å². The summed E-state index contributed by atoms with van der Waals surface area (Å²) in [6.45, 7) is 4.71. The number of halogens is 1. The Morgan fingerprint density at radius 3 is 2.56 bits per heavy atom. The highest BCUT2D eigenvalue weighted by molar-refractivity contribution is 7.98. The number of hydrogen-bond acceptors (Lipinski definition) is 3. The van der Waals surface area contributed by atoms with Gasteiger partial charge in [-0.05, 0) is 43.0 Å². The van der Waals surface area contributed by atoms with Crippen LogP contribution in [-0.4, -0.2) is 43.4 Å². The summed E-state index contributed by atoms with van der Waals surface area (Å²) < 4.78 is 13.4. The van der Waals surface area contributed by atoms with Crippen LogP contribution in [0.2, 0.25) is 0 Å². The van der Waals surface area contributed by atoms with E-state index >= 15 is 0 Å². The number of para-hydroxylation sites is 1. The van der Waals surface area contributed by atoms with E-state index in [0.29, 0.717) is 18.8 Å². The highest BCUT2D eigenvalue weighted by atomic mass is 32.2. The minimum absolute atomic E-state index is 0.175. The quantitative estimate of drug-likeness (QED) is 0.834. The first-order chi connectivity index (χ1) is 12.1. The van der Waals surface area contributed by atoms with E-state index in [-0.39, 0.29) is 11.8 Å². The maximum absolute atomic E-state index is 13.4. The van der Waals surface area contributed by atoms with Crippen LogP contribution in [0.15, 0.2) is 47.4 Å². The molecule has 0 unspecified atom stereocenters. The van der Waals surface area contributed by atoms with E-state index in [1.807, 2.05) is 19.1 Å². The molecule has 0 aliphatic carbocycles. The van der Waals surface area contributed by atoms with Crippen molar-refractivity contribution < 1.29 is 9.18 Å². The fraction of sp³-hybridized carbons (Fsp3) is 0.316. The van der Waals surface area contributed by atoms with E-state index in [1.54, 1.807) is 22.7 Å². The molecule has 2 amide bonds. The van der Waals surface area contributed by atoms with Crippen molar-refractivity contribution in [3.63, 3.8) is 0 Å². The Balaban J connectivity index is 1.62. The van der Waals surface area contributed by atoms with Crippen molar-refractivity contribution in [1.82, 2.24) is 4.90 Å². The average molecular weight is 359 g/mol. The van der Waals surface area contributed by atoms with Gasteiger partial charge in [-0.25, -0.2) is 9.18 Å².